The van der Waals surface area contributed by atoms with Crippen molar-refractivity contribution < 1.29 is 4.39 Å². The minimum atomic E-state index is -0.528. The van der Waals surface area contributed by atoms with Crippen LogP contribution in [0.2, 0.25) is 10.0 Å². The molecular weight excluding hydrogens is 596 g/mol. The van der Waals surface area contributed by atoms with Crippen LogP contribution in [0.3, 0.4) is 0 Å². The number of benzene rings is 2. The summed E-state index contributed by atoms with van der Waals surface area (Å²) < 4.78 is 13.8. The predicted octanol–water partition coefficient (Wildman–Crippen LogP) is 6.56. The maximum absolute atomic E-state index is 13.8. The van der Waals surface area contributed by atoms with Crippen LogP contribution in [0.5, 0.6) is 0 Å². The second-order valence-electron chi connectivity index (χ2n) is 10.2. The minimum Gasteiger partial charge on any atom is -0.371 e. The summed E-state index contributed by atoms with van der Waals surface area (Å²) in [6, 6.07) is 10.2. The lowest BCUT2D eigenvalue weighted by Crippen LogP contribution is -2.48. The normalized spacial score (nSPS) is 16.6. The molecule has 42 heavy (non-hydrogen) atoms. The Morgan fingerprint density at radius 1 is 1.17 bits per heavy atom. The maximum atomic E-state index is 13.8. The Kier molecular flexibility index (Phi) is 8.33. The number of piperidine rings is 1. The molecule has 0 spiro atoms. The molecule has 4 aromatic rings. The highest BCUT2D eigenvalue weighted by Crippen LogP contribution is 2.37. The number of rotatable bonds is 8. The van der Waals surface area contributed by atoms with Crippen molar-refractivity contribution in [2.75, 3.05) is 30.3 Å². The first kappa shape index (κ1) is 28.5. The van der Waals surface area contributed by atoms with Crippen molar-refractivity contribution in [3.05, 3.63) is 86.4 Å². The molecule has 6 rings (SSSR count). The molecule has 13 heteroatoms. The molecule has 2 aromatic carbocycles. The number of nitrogens with zero attached hydrogens (tertiary/aromatic N) is 5. The molecule has 4 N–H and O–H groups in total. The van der Waals surface area contributed by atoms with Gasteiger partial charge in [0.1, 0.15) is 17.9 Å². The van der Waals surface area contributed by atoms with Crippen LogP contribution in [0.4, 0.5) is 21.5 Å². The summed E-state index contributed by atoms with van der Waals surface area (Å²) in [5.74, 6) is -0.528. The van der Waals surface area contributed by atoms with Crippen LogP contribution in [0.1, 0.15) is 37.1 Å². The Morgan fingerprint density at radius 2 is 1.98 bits per heavy atom. The quantitative estimate of drug-likeness (QED) is 0.174. The molecule has 2 aliphatic rings. The van der Waals surface area contributed by atoms with Gasteiger partial charge in [-0.15, -0.1) is 16.9 Å². The van der Waals surface area contributed by atoms with Crippen molar-refractivity contribution in [3.8, 4) is 6.07 Å². The highest BCUT2D eigenvalue weighted by Gasteiger charge is 2.29. The Morgan fingerprint density at radius 3 is 2.69 bits per heavy atom. The summed E-state index contributed by atoms with van der Waals surface area (Å²) in [4.78, 5) is 11.5. The predicted molar refractivity (Wildman–Crippen MR) is 166 cm³/mol. The molecule has 2 aromatic heterocycles. The Hall–Kier alpha value is -3.66. The molecule has 2 aliphatic heterocycles. The van der Waals surface area contributed by atoms with Crippen LogP contribution in [0.25, 0.3) is 10.9 Å². The number of nitriles is 1. The van der Waals surface area contributed by atoms with E-state index in [1.54, 1.807) is 11.6 Å². The number of hydrogen-bond donors (Lipinski definition) is 4. The third kappa shape index (κ3) is 5.82. The van der Waals surface area contributed by atoms with E-state index in [-0.39, 0.29) is 11.1 Å². The molecule has 4 heterocycles. The number of fused-ring (bicyclic) bond motifs is 1. The van der Waals surface area contributed by atoms with Crippen molar-refractivity contribution in [3.63, 3.8) is 0 Å². The van der Waals surface area contributed by atoms with Crippen LogP contribution in [-0.2, 0) is 0 Å². The summed E-state index contributed by atoms with van der Waals surface area (Å²) in [5.41, 5.74) is 12.8. The number of hydrazine groups is 2. The van der Waals surface area contributed by atoms with Crippen LogP contribution in [0.15, 0.2) is 59.3 Å². The molecule has 0 unspecified atom stereocenters. The van der Waals surface area contributed by atoms with Gasteiger partial charge in [0.15, 0.2) is 0 Å². The van der Waals surface area contributed by atoms with Gasteiger partial charge in [0.25, 0.3) is 0 Å². The van der Waals surface area contributed by atoms with E-state index in [1.807, 2.05) is 17.5 Å². The number of pyridine rings is 1. The van der Waals surface area contributed by atoms with Crippen LogP contribution >= 0.6 is 34.5 Å². The van der Waals surface area contributed by atoms with Crippen LogP contribution in [-0.4, -0.2) is 45.6 Å². The lowest BCUT2D eigenvalue weighted by Gasteiger charge is -2.35. The zero-order chi connectivity index (χ0) is 29.2. The molecule has 0 amide bonds. The fraction of sp³-hybridized carbons (Fsp3) is 0.276. The van der Waals surface area contributed by atoms with Crippen molar-refractivity contribution in [2.45, 2.75) is 31.8 Å². The summed E-state index contributed by atoms with van der Waals surface area (Å²) in [6.45, 7) is 5.42. The smallest absolute Gasteiger partial charge is 0.141 e. The molecule has 9 nitrogen and oxygen atoms in total. The lowest BCUT2D eigenvalue weighted by molar-refractivity contribution is 0.112. The number of halogens is 3. The summed E-state index contributed by atoms with van der Waals surface area (Å²) in [6.07, 6.45) is 5.72. The van der Waals surface area contributed by atoms with Gasteiger partial charge in [-0.25, -0.2) is 9.37 Å². The van der Waals surface area contributed by atoms with E-state index in [0.717, 1.165) is 43.9 Å². The zero-order valence-corrected chi connectivity index (χ0v) is 25.0. The number of nitrogens with one attached hydrogen (secondary N) is 4. The largest absolute Gasteiger partial charge is 0.371 e. The van der Waals surface area contributed by atoms with E-state index in [2.05, 4.69) is 60.7 Å². The lowest BCUT2D eigenvalue weighted by atomic mass is 10.0. The van der Waals surface area contributed by atoms with E-state index < -0.39 is 5.82 Å². The van der Waals surface area contributed by atoms with E-state index in [0.29, 0.717) is 44.6 Å². The third-order valence-electron chi connectivity index (χ3n) is 7.61. The number of aromatic nitrogens is 2. The summed E-state index contributed by atoms with van der Waals surface area (Å²) >= 11 is 14.3. The Bertz CT molecular complexity index is 1670. The van der Waals surface area contributed by atoms with Gasteiger partial charge in [-0.05, 0) is 49.7 Å². The average Bonchev–Trinajstić information content (AvgIpc) is 3.72. The van der Waals surface area contributed by atoms with Crippen molar-refractivity contribution in [1.29, 1.82) is 5.26 Å². The van der Waals surface area contributed by atoms with Crippen molar-refractivity contribution in [1.82, 2.24) is 30.8 Å². The van der Waals surface area contributed by atoms with Gasteiger partial charge in [-0.3, -0.25) is 9.99 Å². The van der Waals surface area contributed by atoms with Crippen LogP contribution in [0, 0.1) is 17.1 Å². The number of likely N-dealkylation sites (tertiary alicyclic amines) is 1. The second-order valence-corrected chi connectivity index (χ2v) is 11.7. The first-order valence-electron chi connectivity index (χ1n) is 13.6. The molecule has 0 saturated carbocycles. The number of thiazole rings is 1. The minimum absolute atomic E-state index is 0.0285. The molecule has 0 bridgehead atoms. The number of anilines is 3. The van der Waals surface area contributed by atoms with Crippen molar-refractivity contribution in [2.24, 2.45) is 0 Å². The average molecular weight is 625 g/mol. The maximum Gasteiger partial charge on any atom is 0.141 e. The summed E-state index contributed by atoms with van der Waals surface area (Å²) in [7, 11) is 0. The Labute approximate surface area is 256 Å². The highest BCUT2D eigenvalue weighted by molar-refractivity contribution is 7.07. The Balaban J connectivity index is 1.34. The topological polar surface area (TPSA) is 104 Å². The molecule has 0 radical (unpaired) electrons. The second kappa shape index (κ2) is 12.3. The zero-order valence-electron chi connectivity index (χ0n) is 22.7. The SMILES string of the molecule is CCN1CCC(N2C=C([C@@H](Nc3cc(Cl)c4ncc(C#N)c(Nc5ccc(F)c(Cl)c5)c4c3)c3cscn3)NN2)CC1. The first-order valence-corrected chi connectivity index (χ1v) is 15.3. The van der Waals surface area contributed by atoms with Gasteiger partial charge in [0.05, 0.1) is 43.7 Å². The van der Waals surface area contributed by atoms with Gasteiger partial charge in [0, 0.05) is 53.7 Å². The standard InChI is InChI=1S/C29H28Cl2FN9S/c1-2-40-7-5-20(6-8-40)41-14-25(38-39-41)29(26-15-42-16-35-26)37-19-9-21-27(36-18-3-4-24(32)22(30)10-18)17(12-33)13-34-28(21)23(31)11-19/h3-4,9-11,13-16,20,29,37-39H,2,5-8H2,1H3,(H,34,36)/t29-/m1/s1. The molecule has 216 valence electrons. The fourth-order valence-electron chi connectivity index (χ4n) is 5.32. The molecule has 0 aliphatic carbocycles. The van der Waals surface area contributed by atoms with E-state index >= 15 is 0 Å². The van der Waals surface area contributed by atoms with E-state index in [4.69, 9.17) is 23.2 Å². The van der Waals surface area contributed by atoms with Crippen LogP contribution < -0.4 is 21.6 Å². The van der Waals surface area contributed by atoms with Gasteiger partial charge >= 0.3 is 0 Å². The molecule has 1 atom stereocenters. The number of hydrogen-bond acceptors (Lipinski definition) is 10. The van der Waals surface area contributed by atoms with Gasteiger partial charge in [-0.2, -0.15) is 5.26 Å². The molecule has 1 fully saturated rings. The first-order chi connectivity index (χ1) is 20.4. The molecular formula is C29H28Cl2FN9S. The van der Waals surface area contributed by atoms with Crippen molar-refractivity contribution >= 4 is 62.5 Å². The fourth-order valence-corrected chi connectivity index (χ4v) is 6.35. The summed E-state index contributed by atoms with van der Waals surface area (Å²) in [5, 5.41) is 21.8. The van der Waals surface area contributed by atoms with Gasteiger partial charge in [0.2, 0.25) is 0 Å². The third-order valence-corrected chi connectivity index (χ3v) is 8.79. The van der Waals surface area contributed by atoms with Gasteiger partial charge < -0.3 is 21.0 Å². The van der Waals surface area contributed by atoms with E-state index in [9.17, 15) is 9.65 Å². The highest BCUT2D eigenvalue weighted by atomic mass is 35.5. The van der Waals surface area contributed by atoms with Gasteiger partial charge in [-0.1, -0.05) is 30.1 Å². The molecule has 1 saturated heterocycles. The monoisotopic (exact) mass is 623 g/mol. The van der Waals surface area contributed by atoms with E-state index in [1.165, 1.54) is 29.7 Å².